The predicted molar refractivity (Wildman–Crippen MR) is 117 cm³/mol. The van der Waals surface area contributed by atoms with Crippen molar-refractivity contribution in [3.05, 3.63) is 70.8 Å². The third kappa shape index (κ3) is 8.20. The van der Waals surface area contributed by atoms with Crippen LogP contribution in [0.4, 0.5) is 0 Å². The van der Waals surface area contributed by atoms with Crippen LogP contribution in [-0.2, 0) is 16.1 Å². The molecule has 0 fully saturated rings. The smallest absolute Gasteiger partial charge is 0.267 e. The molecule has 2 amide bonds. The van der Waals surface area contributed by atoms with Crippen molar-refractivity contribution in [3.8, 4) is 11.8 Å². The molecule has 0 aromatic heterocycles. The zero-order valence-corrected chi connectivity index (χ0v) is 17.5. The monoisotopic (exact) mass is 424 g/mol. The molecule has 8 nitrogen and oxygen atoms in total. The molecule has 0 heterocycles. The Hall–Kier alpha value is -3.22. The first-order valence-electron chi connectivity index (χ1n) is 9.93. The van der Waals surface area contributed by atoms with Crippen LogP contribution < -0.4 is 21.8 Å². The lowest BCUT2D eigenvalue weighted by atomic mass is 10.1. The van der Waals surface area contributed by atoms with Crippen LogP contribution in [0.3, 0.4) is 0 Å². The van der Waals surface area contributed by atoms with Gasteiger partial charge in [0.1, 0.15) is 6.04 Å². The molecule has 0 bridgehead atoms. The summed E-state index contributed by atoms with van der Waals surface area (Å²) in [6, 6.07) is 13.7. The minimum atomic E-state index is -1.01. The van der Waals surface area contributed by atoms with E-state index in [4.69, 9.17) is 15.7 Å². The van der Waals surface area contributed by atoms with Crippen LogP contribution in [0.5, 0.6) is 0 Å². The van der Waals surface area contributed by atoms with E-state index in [0.29, 0.717) is 5.56 Å². The van der Waals surface area contributed by atoms with Gasteiger partial charge in [-0.3, -0.25) is 14.8 Å². The van der Waals surface area contributed by atoms with E-state index in [-0.39, 0.29) is 6.54 Å². The van der Waals surface area contributed by atoms with Crippen LogP contribution >= 0.6 is 0 Å². The number of hydrogen-bond acceptors (Lipinski definition) is 6. The summed E-state index contributed by atoms with van der Waals surface area (Å²) in [7, 11) is 1.70. The molecule has 0 aliphatic heterocycles. The van der Waals surface area contributed by atoms with E-state index >= 15 is 0 Å². The van der Waals surface area contributed by atoms with Gasteiger partial charge in [0.15, 0.2) is 0 Å². The molecule has 0 unspecified atom stereocenters. The van der Waals surface area contributed by atoms with Crippen LogP contribution in [0.2, 0.25) is 0 Å². The Morgan fingerprint density at radius 1 is 1.06 bits per heavy atom. The SMILES string of the molecule is COCCCNCc1ccc(C#Cc2ccc(C(=O)N[C@@H](CN)C(=O)NO)cc2)cc1. The zero-order chi connectivity index (χ0) is 22.5. The number of benzene rings is 2. The van der Waals surface area contributed by atoms with Crippen LogP contribution in [0, 0.1) is 11.8 Å². The third-order valence-electron chi connectivity index (χ3n) is 4.45. The number of carbonyl (C=O) groups excluding carboxylic acids is 2. The highest BCUT2D eigenvalue weighted by molar-refractivity contribution is 5.97. The lowest BCUT2D eigenvalue weighted by molar-refractivity contribution is -0.130. The average Bonchev–Trinajstić information content (AvgIpc) is 2.81. The molecule has 0 radical (unpaired) electrons. The summed E-state index contributed by atoms with van der Waals surface area (Å²) in [6.45, 7) is 2.32. The van der Waals surface area contributed by atoms with E-state index in [0.717, 1.165) is 37.2 Å². The molecule has 8 heteroatoms. The van der Waals surface area contributed by atoms with Crippen molar-refractivity contribution in [2.45, 2.75) is 19.0 Å². The van der Waals surface area contributed by atoms with E-state index < -0.39 is 17.9 Å². The zero-order valence-electron chi connectivity index (χ0n) is 17.5. The molecule has 2 aromatic rings. The van der Waals surface area contributed by atoms with Gasteiger partial charge < -0.3 is 21.1 Å². The highest BCUT2D eigenvalue weighted by atomic mass is 16.5. The van der Waals surface area contributed by atoms with Gasteiger partial charge in [-0.15, -0.1) is 0 Å². The van der Waals surface area contributed by atoms with Gasteiger partial charge in [0, 0.05) is 43.5 Å². The molecule has 0 aliphatic rings. The summed E-state index contributed by atoms with van der Waals surface area (Å²) in [5.41, 5.74) is 10.1. The van der Waals surface area contributed by atoms with Crippen molar-refractivity contribution in [2.24, 2.45) is 5.73 Å². The number of nitrogens with two attached hydrogens (primary N) is 1. The second-order valence-electron chi connectivity index (χ2n) is 6.79. The minimum Gasteiger partial charge on any atom is -0.385 e. The fraction of sp³-hybridized carbons (Fsp3) is 0.304. The predicted octanol–water partition coefficient (Wildman–Crippen LogP) is 0.775. The average molecular weight is 425 g/mol. The normalized spacial score (nSPS) is 11.2. The highest BCUT2D eigenvalue weighted by Crippen LogP contribution is 2.06. The topological polar surface area (TPSA) is 126 Å². The molecule has 0 spiro atoms. The standard InChI is InChI=1S/C23H28N4O4/c1-31-14-2-13-25-16-19-7-5-17(6-8-19)3-4-18-9-11-20(12-10-18)22(28)26-21(15-24)23(29)27-30/h5-12,21,25,30H,2,13-16,24H2,1H3,(H,26,28)(H,27,29)/t21-/m0/s1. The van der Waals surface area contributed by atoms with Crippen molar-refractivity contribution < 1.29 is 19.5 Å². The molecule has 0 aliphatic carbocycles. The highest BCUT2D eigenvalue weighted by Gasteiger charge is 2.19. The number of rotatable bonds is 10. The molecule has 31 heavy (non-hydrogen) atoms. The van der Waals surface area contributed by atoms with E-state index in [9.17, 15) is 9.59 Å². The number of carbonyl (C=O) groups is 2. The third-order valence-corrected chi connectivity index (χ3v) is 4.45. The van der Waals surface area contributed by atoms with Gasteiger partial charge in [-0.25, -0.2) is 5.48 Å². The molecule has 1 atom stereocenters. The van der Waals surface area contributed by atoms with Crippen molar-refractivity contribution in [3.63, 3.8) is 0 Å². The summed E-state index contributed by atoms with van der Waals surface area (Å²) >= 11 is 0. The largest absolute Gasteiger partial charge is 0.385 e. The van der Waals surface area contributed by atoms with E-state index in [1.54, 1.807) is 31.4 Å². The van der Waals surface area contributed by atoms with E-state index in [2.05, 4.69) is 22.5 Å². The number of nitrogens with one attached hydrogen (secondary N) is 3. The van der Waals surface area contributed by atoms with Gasteiger partial charge in [0.05, 0.1) is 0 Å². The Morgan fingerprint density at radius 3 is 2.23 bits per heavy atom. The molecular weight excluding hydrogens is 396 g/mol. The maximum atomic E-state index is 12.2. The Balaban J connectivity index is 1.90. The molecule has 2 rings (SSSR count). The molecule has 164 valence electrons. The van der Waals surface area contributed by atoms with Gasteiger partial charge in [-0.2, -0.15) is 0 Å². The van der Waals surface area contributed by atoms with Crippen molar-refractivity contribution in [2.75, 3.05) is 26.8 Å². The van der Waals surface area contributed by atoms with Crippen molar-refractivity contribution >= 4 is 11.8 Å². The number of ether oxygens (including phenoxy) is 1. The first kappa shape index (κ1) is 24.1. The fourth-order valence-corrected chi connectivity index (χ4v) is 2.68. The number of hydroxylamine groups is 1. The first-order chi connectivity index (χ1) is 15.1. The summed E-state index contributed by atoms with van der Waals surface area (Å²) in [6.07, 6.45) is 0.978. The summed E-state index contributed by atoms with van der Waals surface area (Å²) in [5, 5.41) is 14.5. The second-order valence-corrected chi connectivity index (χ2v) is 6.79. The van der Waals surface area contributed by atoms with Gasteiger partial charge in [-0.1, -0.05) is 24.0 Å². The van der Waals surface area contributed by atoms with Crippen molar-refractivity contribution in [1.82, 2.24) is 16.1 Å². The summed E-state index contributed by atoms with van der Waals surface area (Å²) < 4.78 is 5.02. The molecule has 2 aromatic carbocycles. The Labute approximate surface area is 182 Å². The Morgan fingerprint density at radius 2 is 1.68 bits per heavy atom. The van der Waals surface area contributed by atoms with Crippen LogP contribution in [0.1, 0.15) is 33.5 Å². The van der Waals surface area contributed by atoms with Crippen LogP contribution in [0.15, 0.2) is 48.5 Å². The van der Waals surface area contributed by atoms with Crippen molar-refractivity contribution in [1.29, 1.82) is 0 Å². The molecule has 0 saturated carbocycles. The van der Waals surface area contributed by atoms with Gasteiger partial charge in [-0.05, 0) is 54.9 Å². The lowest BCUT2D eigenvalue weighted by Gasteiger charge is -2.14. The molecule has 6 N–H and O–H groups in total. The Kier molecular flexibility index (Phi) is 10.2. The maximum Gasteiger partial charge on any atom is 0.267 e. The van der Waals surface area contributed by atoms with Gasteiger partial charge in [0.2, 0.25) is 0 Å². The Bertz CT molecular complexity index is 902. The molecule has 0 saturated heterocycles. The number of hydrogen-bond donors (Lipinski definition) is 5. The first-order valence-corrected chi connectivity index (χ1v) is 9.93. The minimum absolute atomic E-state index is 0.135. The summed E-state index contributed by atoms with van der Waals surface area (Å²) in [5.74, 6) is 4.92. The van der Waals surface area contributed by atoms with E-state index in [1.807, 2.05) is 24.3 Å². The van der Waals surface area contributed by atoms with Gasteiger partial charge >= 0.3 is 0 Å². The fourth-order valence-electron chi connectivity index (χ4n) is 2.68. The maximum absolute atomic E-state index is 12.2. The second kappa shape index (κ2) is 13.2. The molecular formula is C23H28N4O4. The number of methoxy groups -OCH3 is 1. The summed E-state index contributed by atoms with van der Waals surface area (Å²) in [4.78, 5) is 23.6. The van der Waals surface area contributed by atoms with E-state index in [1.165, 1.54) is 11.0 Å². The van der Waals surface area contributed by atoms with Crippen LogP contribution in [-0.4, -0.2) is 49.9 Å². The van der Waals surface area contributed by atoms with Gasteiger partial charge in [0.25, 0.3) is 11.8 Å². The quantitative estimate of drug-likeness (QED) is 0.166. The van der Waals surface area contributed by atoms with Crippen LogP contribution in [0.25, 0.3) is 0 Å². The number of amides is 2. The lowest BCUT2D eigenvalue weighted by Crippen LogP contribution is -2.50.